The van der Waals surface area contributed by atoms with Gasteiger partial charge < -0.3 is 0 Å². The number of hydrogen-bond donors (Lipinski definition) is 0. The maximum atomic E-state index is 12.2. The van der Waals surface area contributed by atoms with E-state index in [1.165, 1.54) is 0 Å². The number of nitrogens with zero attached hydrogens (tertiary/aromatic N) is 5. The predicted molar refractivity (Wildman–Crippen MR) is 41.7 cm³/mol. The maximum absolute atomic E-state index is 12.2. The molecule has 0 N–H and O–H groups in total. The zero-order chi connectivity index (χ0) is 11.6. The number of aryl methyl sites for hydroxylation is 1. The van der Waals surface area contributed by atoms with Crippen LogP contribution in [0, 0.1) is 0 Å². The molecule has 0 radical (unpaired) electrons. The monoisotopic (exact) mass is 219 g/mol. The number of amides is 1. The van der Waals surface area contributed by atoms with E-state index >= 15 is 0 Å². The van der Waals surface area contributed by atoms with Gasteiger partial charge in [0.25, 0.3) is 5.91 Å². The molecule has 0 bridgehead atoms. The lowest BCUT2D eigenvalue weighted by Crippen LogP contribution is -2.11. The highest BCUT2D eigenvalue weighted by molar-refractivity contribution is 5.93. The van der Waals surface area contributed by atoms with Crippen LogP contribution >= 0.6 is 0 Å². The van der Waals surface area contributed by atoms with Gasteiger partial charge in [0.15, 0.2) is 0 Å². The van der Waals surface area contributed by atoms with E-state index in [0.29, 0.717) is 10.7 Å². The summed E-state index contributed by atoms with van der Waals surface area (Å²) in [5.74, 6) is -1.15. The molecule has 0 unspecified atom stereocenters. The summed E-state index contributed by atoms with van der Waals surface area (Å²) in [7, 11) is 1.04. The molecular weight excluding hydrogens is 215 g/mol. The second-order valence-corrected chi connectivity index (χ2v) is 2.53. The van der Waals surface area contributed by atoms with Gasteiger partial charge in [-0.25, -0.2) is 0 Å². The fourth-order valence-electron chi connectivity index (χ4n) is 0.929. The fourth-order valence-corrected chi connectivity index (χ4v) is 0.929. The molecule has 0 aromatic carbocycles. The highest BCUT2D eigenvalue weighted by atomic mass is 19.4. The Bertz CT molecular complexity index is 442. The van der Waals surface area contributed by atoms with Gasteiger partial charge in [0.1, 0.15) is 11.4 Å². The van der Waals surface area contributed by atoms with Crippen LogP contribution in [-0.2, 0) is 13.2 Å². The van der Waals surface area contributed by atoms with E-state index in [4.69, 9.17) is 5.53 Å². The molecule has 1 heterocycles. The Balaban J connectivity index is 3.17. The van der Waals surface area contributed by atoms with Crippen molar-refractivity contribution in [2.75, 3.05) is 0 Å². The van der Waals surface area contributed by atoms with Crippen molar-refractivity contribution in [1.82, 2.24) is 9.78 Å². The van der Waals surface area contributed by atoms with Crippen LogP contribution in [0.1, 0.15) is 16.2 Å². The van der Waals surface area contributed by atoms with Gasteiger partial charge >= 0.3 is 6.18 Å². The highest BCUT2D eigenvalue weighted by Gasteiger charge is 2.35. The molecule has 0 aliphatic heterocycles. The van der Waals surface area contributed by atoms with Crippen molar-refractivity contribution >= 4 is 5.91 Å². The number of aromatic nitrogens is 2. The maximum Gasteiger partial charge on any atom is 0.433 e. The molecule has 0 spiro atoms. The van der Waals surface area contributed by atoms with Crippen LogP contribution in [0.2, 0.25) is 0 Å². The second-order valence-electron chi connectivity index (χ2n) is 2.53. The molecule has 80 valence electrons. The lowest BCUT2D eigenvalue weighted by atomic mass is 10.3. The molecule has 0 saturated carbocycles. The van der Waals surface area contributed by atoms with Crippen molar-refractivity contribution in [2.24, 2.45) is 12.2 Å². The third-order valence-electron chi connectivity index (χ3n) is 1.52. The number of carbonyl (C=O) groups excluding carboxylic acids is 1. The molecule has 6 nitrogen and oxygen atoms in total. The third-order valence-corrected chi connectivity index (χ3v) is 1.52. The van der Waals surface area contributed by atoms with Crippen molar-refractivity contribution in [1.29, 1.82) is 0 Å². The van der Waals surface area contributed by atoms with Crippen LogP contribution < -0.4 is 0 Å². The molecule has 1 rings (SSSR count). The molecule has 0 fully saturated rings. The topological polar surface area (TPSA) is 83.7 Å². The van der Waals surface area contributed by atoms with Crippen LogP contribution in [0.4, 0.5) is 13.2 Å². The summed E-state index contributed by atoms with van der Waals surface area (Å²) in [6.45, 7) is 0. The minimum absolute atomic E-state index is 0.500. The van der Waals surface area contributed by atoms with Crippen LogP contribution in [0.15, 0.2) is 11.2 Å². The van der Waals surface area contributed by atoms with Gasteiger partial charge in [-0.05, 0) is 16.7 Å². The van der Waals surface area contributed by atoms with Crippen LogP contribution in [-0.4, -0.2) is 15.7 Å². The normalized spacial score (nSPS) is 10.9. The highest BCUT2D eigenvalue weighted by Crippen LogP contribution is 2.29. The molecule has 0 aliphatic rings. The summed E-state index contributed by atoms with van der Waals surface area (Å²) in [5.41, 5.74) is 6.29. The lowest BCUT2D eigenvalue weighted by molar-refractivity contribution is -0.143. The van der Waals surface area contributed by atoms with E-state index in [2.05, 4.69) is 15.1 Å². The summed E-state index contributed by atoms with van der Waals surface area (Å²) >= 11 is 0. The Hall–Kier alpha value is -2.02. The molecule has 1 aromatic rings. The summed E-state index contributed by atoms with van der Waals surface area (Å²) < 4.78 is 37.2. The Morgan fingerprint density at radius 1 is 1.67 bits per heavy atom. The van der Waals surface area contributed by atoms with Crippen molar-refractivity contribution in [2.45, 2.75) is 6.18 Å². The standard InChI is InChI=1S/C6H4F3N5O/c1-14-4(6(7,8)9)2-3(12-14)5(15)11-13-10/h2H,1H3. The molecule has 0 aliphatic carbocycles. The Kier molecular flexibility index (Phi) is 2.67. The van der Waals surface area contributed by atoms with Gasteiger partial charge in [0.05, 0.1) is 0 Å². The van der Waals surface area contributed by atoms with E-state index in [1.54, 1.807) is 0 Å². The first-order chi connectivity index (χ1) is 6.86. The van der Waals surface area contributed by atoms with E-state index < -0.39 is 23.5 Å². The van der Waals surface area contributed by atoms with Crippen molar-refractivity contribution in [3.63, 3.8) is 0 Å². The van der Waals surface area contributed by atoms with E-state index in [0.717, 1.165) is 7.05 Å². The fraction of sp³-hybridized carbons (Fsp3) is 0.333. The van der Waals surface area contributed by atoms with Crippen molar-refractivity contribution < 1.29 is 18.0 Å². The second kappa shape index (κ2) is 3.62. The minimum atomic E-state index is -4.60. The average Bonchev–Trinajstić information content (AvgIpc) is 2.47. The van der Waals surface area contributed by atoms with Crippen LogP contribution in [0.3, 0.4) is 0 Å². The Morgan fingerprint density at radius 2 is 2.27 bits per heavy atom. The largest absolute Gasteiger partial charge is 0.433 e. The average molecular weight is 219 g/mol. The minimum Gasteiger partial charge on any atom is -0.285 e. The van der Waals surface area contributed by atoms with Gasteiger partial charge in [-0.15, -0.1) is 0 Å². The summed E-state index contributed by atoms with van der Waals surface area (Å²) in [6.07, 6.45) is -4.60. The number of alkyl halides is 3. The first kappa shape index (κ1) is 11.1. The van der Waals surface area contributed by atoms with E-state index in [-0.39, 0.29) is 0 Å². The van der Waals surface area contributed by atoms with Crippen LogP contribution in [0.5, 0.6) is 0 Å². The first-order valence-electron chi connectivity index (χ1n) is 3.57. The molecule has 0 atom stereocenters. The van der Waals surface area contributed by atoms with E-state index in [1.807, 2.05) is 0 Å². The molecule has 1 aromatic heterocycles. The molecular formula is C6H4F3N5O. The van der Waals surface area contributed by atoms with Gasteiger partial charge in [0, 0.05) is 12.0 Å². The van der Waals surface area contributed by atoms with Crippen LogP contribution in [0.25, 0.3) is 10.4 Å². The Labute approximate surface area is 80.9 Å². The quantitative estimate of drug-likeness (QED) is 0.410. The summed E-state index contributed by atoms with van der Waals surface area (Å²) in [6, 6.07) is 0.525. The summed E-state index contributed by atoms with van der Waals surface area (Å²) in [5, 5.41) is 5.91. The molecule has 15 heavy (non-hydrogen) atoms. The summed E-state index contributed by atoms with van der Waals surface area (Å²) in [4.78, 5) is 13.0. The van der Waals surface area contributed by atoms with Crippen molar-refractivity contribution in [3.8, 4) is 0 Å². The van der Waals surface area contributed by atoms with E-state index in [9.17, 15) is 18.0 Å². The molecule has 9 heteroatoms. The number of halogens is 3. The molecule has 0 saturated heterocycles. The number of rotatable bonds is 1. The zero-order valence-electron chi connectivity index (χ0n) is 7.36. The first-order valence-corrected chi connectivity index (χ1v) is 3.57. The number of azide groups is 1. The lowest BCUT2D eigenvalue weighted by Gasteiger charge is -2.04. The number of hydrogen-bond acceptors (Lipinski definition) is 2. The zero-order valence-corrected chi connectivity index (χ0v) is 7.36. The van der Waals surface area contributed by atoms with Gasteiger partial charge in [0.2, 0.25) is 0 Å². The molecule has 1 amide bonds. The van der Waals surface area contributed by atoms with Gasteiger partial charge in [-0.3, -0.25) is 9.48 Å². The Morgan fingerprint density at radius 3 is 2.67 bits per heavy atom. The number of carbonyl (C=O) groups is 1. The van der Waals surface area contributed by atoms with Gasteiger partial charge in [-0.2, -0.15) is 18.3 Å². The smallest absolute Gasteiger partial charge is 0.285 e. The van der Waals surface area contributed by atoms with Gasteiger partial charge in [-0.1, -0.05) is 0 Å². The SMILES string of the molecule is Cn1nc(C(=O)N=[N+]=[N-])cc1C(F)(F)F. The third kappa shape index (κ3) is 2.26. The van der Waals surface area contributed by atoms with Crippen molar-refractivity contribution in [3.05, 3.63) is 27.9 Å². The predicted octanol–water partition coefficient (Wildman–Crippen LogP) is 1.89.